The van der Waals surface area contributed by atoms with Gasteiger partial charge in [0.15, 0.2) is 4.77 Å². The number of nitrogens with zero attached hydrogens (tertiary/aromatic N) is 1. The molecule has 0 fully saturated rings. The van der Waals surface area contributed by atoms with E-state index in [1.807, 2.05) is 6.20 Å². The minimum atomic E-state index is 0.503. The molecule has 0 radical (unpaired) electrons. The number of nitrogens with one attached hydrogen (secondary N) is 1. The van der Waals surface area contributed by atoms with Gasteiger partial charge in [0.2, 0.25) is 0 Å². The molecule has 1 atom stereocenters. The largest absolute Gasteiger partial charge is 0.337 e. The molecule has 1 aromatic heterocycles. The van der Waals surface area contributed by atoms with Crippen molar-refractivity contribution in [3.63, 3.8) is 0 Å². The summed E-state index contributed by atoms with van der Waals surface area (Å²) in [5, 5.41) is 0. The number of hydrogen-bond acceptors (Lipinski definition) is 1. The van der Waals surface area contributed by atoms with Gasteiger partial charge in [-0.25, -0.2) is 0 Å². The molecule has 2 nitrogen and oxygen atoms in total. The Balaban J connectivity index is 2.98. The van der Waals surface area contributed by atoms with E-state index >= 15 is 0 Å². The maximum atomic E-state index is 5.27. The Kier molecular flexibility index (Phi) is 3.93. The summed E-state index contributed by atoms with van der Waals surface area (Å²) < 4.78 is 3.08. The van der Waals surface area contributed by atoms with Crippen molar-refractivity contribution in [3.05, 3.63) is 16.7 Å². The molecule has 0 aromatic carbocycles. The summed E-state index contributed by atoms with van der Waals surface area (Å²) in [6, 6.07) is 0.503. The summed E-state index contributed by atoms with van der Waals surface area (Å²) in [5.41, 5.74) is 1.23. The van der Waals surface area contributed by atoms with Crippen LogP contribution in [0.4, 0.5) is 0 Å². The fraction of sp³-hybridized carbons (Fsp3) is 0.727. The normalized spacial score (nSPS) is 13.5. The van der Waals surface area contributed by atoms with Crippen LogP contribution in [0.5, 0.6) is 0 Å². The Morgan fingerprint density at radius 1 is 1.43 bits per heavy atom. The molecule has 1 unspecified atom stereocenters. The van der Waals surface area contributed by atoms with Crippen molar-refractivity contribution >= 4 is 12.2 Å². The highest BCUT2D eigenvalue weighted by atomic mass is 32.1. The second-order valence-electron chi connectivity index (χ2n) is 3.92. The number of hydrogen-bond donors (Lipinski definition) is 1. The summed E-state index contributed by atoms with van der Waals surface area (Å²) in [7, 11) is 0. The zero-order chi connectivity index (χ0) is 10.7. The number of rotatable bonds is 4. The van der Waals surface area contributed by atoms with Gasteiger partial charge >= 0.3 is 0 Å². The van der Waals surface area contributed by atoms with E-state index in [-0.39, 0.29) is 0 Å². The van der Waals surface area contributed by atoms with Gasteiger partial charge in [0.05, 0.1) is 0 Å². The number of imidazole rings is 1. The van der Waals surface area contributed by atoms with Gasteiger partial charge in [-0.3, -0.25) is 0 Å². The van der Waals surface area contributed by atoms with Crippen LogP contribution in [0.15, 0.2) is 6.20 Å². The molecule has 0 saturated heterocycles. The van der Waals surface area contributed by atoms with Crippen LogP contribution in [0.25, 0.3) is 0 Å². The van der Waals surface area contributed by atoms with Gasteiger partial charge in [-0.15, -0.1) is 0 Å². The van der Waals surface area contributed by atoms with Crippen molar-refractivity contribution in [2.24, 2.45) is 5.92 Å². The number of H-pyrrole nitrogens is 1. The van der Waals surface area contributed by atoms with Crippen molar-refractivity contribution in [3.8, 4) is 0 Å². The lowest BCUT2D eigenvalue weighted by atomic mass is 9.95. The Bertz CT molecular complexity index is 333. The fourth-order valence-electron chi connectivity index (χ4n) is 2.15. The molecule has 0 aliphatic rings. The Morgan fingerprint density at radius 2 is 2.00 bits per heavy atom. The maximum Gasteiger partial charge on any atom is 0.177 e. The van der Waals surface area contributed by atoms with Crippen molar-refractivity contribution < 1.29 is 0 Å². The van der Waals surface area contributed by atoms with E-state index in [1.54, 1.807) is 0 Å². The highest BCUT2D eigenvalue weighted by molar-refractivity contribution is 7.71. The first-order valence-electron chi connectivity index (χ1n) is 5.38. The number of aromatic nitrogens is 2. The minimum absolute atomic E-state index is 0.503. The molecular weight excluding hydrogens is 192 g/mol. The summed E-state index contributed by atoms with van der Waals surface area (Å²) in [5.74, 6) is 0.719. The monoisotopic (exact) mass is 212 g/mol. The van der Waals surface area contributed by atoms with E-state index in [0.717, 1.165) is 10.7 Å². The van der Waals surface area contributed by atoms with Crippen LogP contribution in [-0.4, -0.2) is 9.55 Å². The van der Waals surface area contributed by atoms with Crippen molar-refractivity contribution in [2.45, 2.75) is 46.6 Å². The van der Waals surface area contributed by atoms with Crippen LogP contribution in [-0.2, 0) is 0 Å². The van der Waals surface area contributed by atoms with E-state index in [0.29, 0.717) is 6.04 Å². The standard InChI is InChI=1S/C11H20N2S/c1-5-10(6-2)9(4)13-8(3)7-12-11(13)14/h7,9-10H,5-6H2,1-4H3,(H,12,14). The lowest BCUT2D eigenvalue weighted by molar-refractivity contribution is 0.327. The number of aryl methyl sites for hydroxylation is 1. The lowest BCUT2D eigenvalue weighted by Crippen LogP contribution is -2.16. The maximum absolute atomic E-state index is 5.27. The SMILES string of the molecule is CCC(CC)C(C)n1c(C)c[nH]c1=S. The summed E-state index contributed by atoms with van der Waals surface area (Å²) in [4.78, 5) is 3.10. The topological polar surface area (TPSA) is 20.7 Å². The summed E-state index contributed by atoms with van der Waals surface area (Å²) >= 11 is 5.27. The zero-order valence-corrected chi connectivity index (χ0v) is 10.3. The minimum Gasteiger partial charge on any atom is -0.337 e. The first-order valence-corrected chi connectivity index (χ1v) is 5.79. The third kappa shape index (κ3) is 2.08. The first kappa shape index (κ1) is 11.5. The molecule has 0 aliphatic heterocycles. The van der Waals surface area contributed by atoms with E-state index in [1.165, 1.54) is 18.5 Å². The fourth-order valence-corrected chi connectivity index (χ4v) is 2.52. The van der Waals surface area contributed by atoms with Gasteiger partial charge in [0.1, 0.15) is 0 Å². The molecule has 0 bridgehead atoms. The van der Waals surface area contributed by atoms with Gasteiger partial charge in [0.25, 0.3) is 0 Å². The average molecular weight is 212 g/mol. The van der Waals surface area contributed by atoms with E-state index < -0.39 is 0 Å². The Hall–Kier alpha value is -0.570. The average Bonchev–Trinajstić information content (AvgIpc) is 2.48. The molecule has 80 valence electrons. The highest BCUT2D eigenvalue weighted by Gasteiger charge is 2.16. The predicted molar refractivity (Wildman–Crippen MR) is 63.1 cm³/mol. The molecule has 0 amide bonds. The molecule has 3 heteroatoms. The second kappa shape index (κ2) is 4.78. The first-order chi connectivity index (χ1) is 6.61. The van der Waals surface area contributed by atoms with Gasteiger partial charge in [-0.1, -0.05) is 26.7 Å². The van der Waals surface area contributed by atoms with E-state index in [2.05, 4.69) is 37.2 Å². The Morgan fingerprint density at radius 3 is 2.36 bits per heavy atom. The zero-order valence-electron chi connectivity index (χ0n) is 9.50. The van der Waals surface area contributed by atoms with Crippen LogP contribution in [0.2, 0.25) is 0 Å². The number of aromatic amines is 1. The molecule has 0 aliphatic carbocycles. The molecule has 0 saturated carbocycles. The third-order valence-electron chi connectivity index (χ3n) is 3.14. The molecular formula is C11H20N2S. The van der Waals surface area contributed by atoms with Crippen molar-refractivity contribution in [1.29, 1.82) is 0 Å². The molecule has 1 aromatic rings. The highest BCUT2D eigenvalue weighted by Crippen LogP contribution is 2.25. The molecule has 0 spiro atoms. The second-order valence-corrected chi connectivity index (χ2v) is 4.31. The molecule has 14 heavy (non-hydrogen) atoms. The molecule has 1 heterocycles. The van der Waals surface area contributed by atoms with Crippen molar-refractivity contribution in [2.75, 3.05) is 0 Å². The van der Waals surface area contributed by atoms with Crippen LogP contribution >= 0.6 is 12.2 Å². The molecule has 1 N–H and O–H groups in total. The molecule has 1 rings (SSSR count). The smallest absolute Gasteiger partial charge is 0.177 e. The summed E-state index contributed by atoms with van der Waals surface area (Å²) in [6.07, 6.45) is 4.41. The van der Waals surface area contributed by atoms with Gasteiger partial charge < -0.3 is 9.55 Å². The van der Waals surface area contributed by atoms with Crippen LogP contribution in [0, 0.1) is 17.6 Å². The van der Waals surface area contributed by atoms with Crippen LogP contribution in [0.3, 0.4) is 0 Å². The Labute approximate surface area is 91.3 Å². The van der Waals surface area contributed by atoms with Crippen LogP contribution < -0.4 is 0 Å². The van der Waals surface area contributed by atoms with E-state index in [9.17, 15) is 0 Å². The van der Waals surface area contributed by atoms with E-state index in [4.69, 9.17) is 12.2 Å². The van der Waals surface area contributed by atoms with Crippen molar-refractivity contribution in [1.82, 2.24) is 9.55 Å². The lowest BCUT2D eigenvalue weighted by Gasteiger charge is -2.23. The van der Waals surface area contributed by atoms with Gasteiger partial charge in [-0.05, 0) is 32.0 Å². The predicted octanol–water partition coefficient (Wildman–Crippen LogP) is 3.85. The summed E-state index contributed by atoms with van der Waals surface area (Å²) in [6.45, 7) is 8.85. The van der Waals surface area contributed by atoms with Crippen LogP contribution in [0.1, 0.15) is 45.3 Å². The van der Waals surface area contributed by atoms with Gasteiger partial charge in [-0.2, -0.15) is 0 Å². The quantitative estimate of drug-likeness (QED) is 0.752. The third-order valence-corrected chi connectivity index (χ3v) is 3.46. The van der Waals surface area contributed by atoms with Gasteiger partial charge in [0, 0.05) is 17.9 Å².